The predicted octanol–water partition coefficient (Wildman–Crippen LogP) is 3.42. The fourth-order valence-electron chi connectivity index (χ4n) is 2.80. The molecule has 0 aliphatic heterocycles. The van der Waals surface area contributed by atoms with Gasteiger partial charge in [-0.05, 0) is 25.0 Å². The van der Waals surface area contributed by atoms with Crippen LogP contribution in [0.5, 0.6) is 0 Å². The summed E-state index contributed by atoms with van der Waals surface area (Å²) < 4.78 is 0.681. The van der Waals surface area contributed by atoms with Crippen LogP contribution in [0.4, 0.5) is 0 Å². The van der Waals surface area contributed by atoms with Crippen LogP contribution in [0.15, 0.2) is 24.8 Å². The quantitative estimate of drug-likeness (QED) is 0.814. The summed E-state index contributed by atoms with van der Waals surface area (Å²) in [6.07, 6.45) is 3.69. The lowest BCUT2D eigenvalue weighted by molar-refractivity contribution is -0.149. The largest absolute Gasteiger partial charge is 0.481 e. The fourth-order valence-corrected chi connectivity index (χ4v) is 3.90. The number of hydrogen-bond acceptors (Lipinski definition) is 3. The van der Waals surface area contributed by atoms with Gasteiger partial charge < -0.3 is 10.0 Å². The molecule has 1 amide bonds. The molecule has 114 valence electrons. The van der Waals surface area contributed by atoms with Gasteiger partial charge in [0.05, 0.1) is 22.7 Å². The van der Waals surface area contributed by atoms with Crippen molar-refractivity contribution in [2.45, 2.75) is 25.8 Å². The Morgan fingerprint density at radius 3 is 2.71 bits per heavy atom. The molecule has 21 heavy (non-hydrogen) atoms. The van der Waals surface area contributed by atoms with E-state index in [4.69, 9.17) is 11.6 Å². The summed E-state index contributed by atoms with van der Waals surface area (Å²) in [6.45, 7) is 4.54. The topological polar surface area (TPSA) is 57.6 Å². The van der Waals surface area contributed by atoms with E-state index in [0.29, 0.717) is 30.3 Å². The van der Waals surface area contributed by atoms with E-state index >= 15 is 0 Å². The molecule has 2 rings (SSSR count). The Labute approximate surface area is 133 Å². The summed E-state index contributed by atoms with van der Waals surface area (Å²) in [7, 11) is 0. The molecule has 1 aliphatic rings. The molecule has 6 heteroatoms. The van der Waals surface area contributed by atoms with Gasteiger partial charge in [-0.25, -0.2) is 0 Å². The molecule has 0 saturated heterocycles. The summed E-state index contributed by atoms with van der Waals surface area (Å²) in [4.78, 5) is 26.6. The standard InChI is InChI=1S/C15H18ClNO3S/c1-2-8-17(9-10-6-7-13(16)21-10)14(18)11-4-3-5-12(11)15(19)20/h2,6-7,11-12H,1,3-5,8-9H2,(H,19,20). The van der Waals surface area contributed by atoms with Crippen LogP contribution in [-0.2, 0) is 16.1 Å². The number of carboxylic acid groups (broad SMARTS) is 1. The number of nitrogens with zero attached hydrogens (tertiary/aromatic N) is 1. The maximum atomic E-state index is 12.6. The highest BCUT2D eigenvalue weighted by Gasteiger charge is 2.39. The van der Waals surface area contributed by atoms with Gasteiger partial charge in [0, 0.05) is 11.4 Å². The number of carboxylic acids is 1. The van der Waals surface area contributed by atoms with Gasteiger partial charge in [0.15, 0.2) is 0 Å². The average Bonchev–Trinajstić information content (AvgIpc) is 3.06. The van der Waals surface area contributed by atoms with Crippen molar-refractivity contribution in [2.75, 3.05) is 6.54 Å². The minimum atomic E-state index is -0.872. The maximum absolute atomic E-state index is 12.6. The number of rotatable bonds is 6. The normalized spacial score (nSPS) is 21.2. The minimum Gasteiger partial charge on any atom is -0.481 e. The third-order valence-corrected chi connectivity index (χ3v) is 5.00. The van der Waals surface area contributed by atoms with Crippen LogP contribution >= 0.6 is 22.9 Å². The monoisotopic (exact) mass is 327 g/mol. The zero-order valence-corrected chi connectivity index (χ0v) is 13.2. The summed E-state index contributed by atoms with van der Waals surface area (Å²) >= 11 is 7.34. The van der Waals surface area contributed by atoms with Crippen LogP contribution in [-0.4, -0.2) is 28.4 Å². The second-order valence-electron chi connectivity index (χ2n) is 5.20. The number of halogens is 1. The first-order valence-electron chi connectivity index (χ1n) is 6.89. The molecule has 2 unspecified atom stereocenters. The molecule has 4 nitrogen and oxygen atoms in total. The highest BCUT2D eigenvalue weighted by atomic mass is 35.5. The van der Waals surface area contributed by atoms with Crippen molar-refractivity contribution < 1.29 is 14.7 Å². The second kappa shape index (κ2) is 7.09. The molecular weight excluding hydrogens is 310 g/mol. The van der Waals surface area contributed by atoms with Crippen molar-refractivity contribution in [3.8, 4) is 0 Å². The first-order chi connectivity index (χ1) is 10.0. The van der Waals surface area contributed by atoms with Crippen molar-refractivity contribution >= 4 is 34.8 Å². The zero-order chi connectivity index (χ0) is 15.4. The molecular formula is C15H18ClNO3S. The highest BCUT2D eigenvalue weighted by molar-refractivity contribution is 7.16. The Morgan fingerprint density at radius 1 is 1.43 bits per heavy atom. The lowest BCUT2D eigenvalue weighted by Crippen LogP contribution is -2.38. The van der Waals surface area contributed by atoms with Gasteiger partial charge in [-0.1, -0.05) is 24.1 Å². The van der Waals surface area contributed by atoms with Crippen molar-refractivity contribution in [1.29, 1.82) is 0 Å². The molecule has 1 fully saturated rings. The van der Waals surface area contributed by atoms with E-state index < -0.39 is 17.8 Å². The number of thiophene rings is 1. The molecule has 1 N–H and O–H groups in total. The van der Waals surface area contributed by atoms with Gasteiger partial charge in [-0.3, -0.25) is 9.59 Å². The molecule has 1 saturated carbocycles. The minimum absolute atomic E-state index is 0.0932. The van der Waals surface area contributed by atoms with Crippen LogP contribution in [0, 0.1) is 11.8 Å². The van der Waals surface area contributed by atoms with Crippen molar-refractivity contribution in [3.05, 3.63) is 34.0 Å². The van der Waals surface area contributed by atoms with Crippen LogP contribution in [0.1, 0.15) is 24.1 Å². The number of hydrogen-bond donors (Lipinski definition) is 1. The van der Waals surface area contributed by atoms with Gasteiger partial charge in [-0.2, -0.15) is 0 Å². The Kier molecular flexibility index (Phi) is 5.42. The number of amides is 1. The predicted molar refractivity (Wildman–Crippen MR) is 83.4 cm³/mol. The number of aliphatic carboxylic acids is 1. The molecule has 2 atom stereocenters. The Morgan fingerprint density at radius 2 is 2.14 bits per heavy atom. The molecule has 0 spiro atoms. The third kappa shape index (κ3) is 3.86. The van der Waals surface area contributed by atoms with Gasteiger partial charge in [0.25, 0.3) is 0 Å². The smallest absolute Gasteiger partial charge is 0.307 e. The molecule has 1 aromatic heterocycles. The van der Waals surface area contributed by atoms with Gasteiger partial charge in [0.1, 0.15) is 0 Å². The zero-order valence-electron chi connectivity index (χ0n) is 11.6. The van der Waals surface area contributed by atoms with Gasteiger partial charge >= 0.3 is 5.97 Å². The first kappa shape index (κ1) is 16.0. The number of carbonyl (C=O) groups excluding carboxylic acids is 1. The summed E-state index contributed by atoms with van der Waals surface area (Å²) in [5.41, 5.74) is 0. The summed E-state index contributed by atoms with van der Waals surface area (Å²) in [5, 5.41) is 9.23. The van der Waals surface area contributed by atoms with Gasteiger partial charge in [0.2, 0.25) is 5.91 Å². The van der Waals surface area contributed by atoms with Crippen LogP contribution in [0.25, 0.3) is 0 Å². The van der Waals surface area contributed by atoms with E-state index in [0.717, 1.165) is 11.3 Å². The van der Waals surface area contributed by atoms with E-state index in [2.05, 4.69) is 6.58 Å². The average molecular weight is 328 g/mol. The van der Waals surface area contributed by atoms with E-state index in [9.17, 15) is 14.7 Å². The van der Waals surface area contributed by atoms with Crippen LogP contribution < -0.4 is 0 Å². The Balaban J connectivity index is 2.11. The van der Waals surface area contributed by atoms with Crippen LogP contribution in [0.3, 0.4) is 0 Å². The molecule has 1 aliphatic carbocycles. The van der Waals surface area contributed by atoms with E-state index in [1.165, 1.54) is 11.3 Å². The first-order valence-corrected chi connectivity index (χ1v) is 8.09. The van der Waals surface area contributed by atoms with E-state index in [-0.39, 0.29) is 5.91 Å². The highest BCUT2D eigenvalue weighted by Crippen LogP contribution is 2.34. The van der Waals surface area contributed by atoms with E-state index in [1.807, 2.05) is 6.07 Å². The SMILES string of the molecule is C=CCN(Cc1ccc(Cl)s1)C(=O)C1CCCC1C(=O)O. The molecule has 1 heterocycles. The fraction of sp³-hybridized carbons (Fsp3) is 0.467. The lowest BCUT2D eigenvalue weighted by Gasteiger charge is -2.25. The Bertz CT molecular complexity index is 543. The van der Waals surface area contributed by atoms with E-state index in [1.54, 1.807) is 17.0 Å². The summed E-state index contributed by atoms with van der Waals surface area (Å²) in [5.74, 6) is -1.94. The third-order valence-electron chi connectivity index (χ3n) is 3.79. The number of carbonyl (C=O) groups is 2. The van der Waals surface area contributed by atoms with Gasteiger partial charge in [-0.15, -0.1) is 17.9 Å². The molecule has 1 aromatic rings. The summed E-state index contributed by atoms with van der Waals surface area (Å²) in [6, 6.07) is 3.69. The van der Waals surface area contributed by atoms with Crippen molar-refractivity contribution in [2.24, 2.45) is 11.8 Å². The van der Waals surface area contributed by atoms with Crippen LogP contribution in [0.2, 0.25) is 4.34 Å². The Hall–Kier alpha value is -1.33. The van der Waals surface area contributed by atoms with Crippen molar-refractivity contribution in [1.82, 2.24) is 4.90 Å². The maximum Gasteiger partial charge on any atom is 0.307 e. The molecule has 0 aromatic carbocycles. The molecule has 0 bridgehead atoms. The lowest BCUT2D eigenvalue weighted by atomic mass is 9.94. The molecule has 0 radical (unpaired) electrons. The second-order valence-corrected chi connectivity index (χ2v) is 7.00. The van der Waals surface area contributed by atoms with Crippen molar-refractivity contribution in [3.63, 3.8) is 0 Å².